The summed E-state index contributed by atoms with van der Waals surface area (Å²) in [6.45, 7) is 2.21. The Labute approximate surface area is 116 Å². The van der Waals surface area contributed by atoms with E-state index in [1.165, 1.54) is 38.5 Å². The highest BCUT2D eigenvalue weighted by atomic mass is 15.2. The molecule has 0 aromatic carbocycles. The van der Waals surface area contributed by atoms with Gasteiger partial charge in [-0.2, -0.15) is 0 Å². The maximum absolute atomic E-state index is 4.07. The van der Waals surface area contributed by atoms with Crippen LogP contribution in [0.15, 0.2) is 18.7 Å². The molecule has 2 atom stereocenters. The van der Waals surface area contributed by atoms with Crippen molar-refractivity contribution in [1.29, 1.82) is 0 Å². The number of piperidine rings is 2. The van der Waals surface area contributed by atoms with Crippen LogP contribution in [0.4, 0.5) is 0 Å². The van der Waals surface area contributed by atoms with Gasteiger partial charge in [-0.05, 0) is 45.7 Å². The summed E-state index contributed by atoms with van der Waals surface area (Å²) in [7, 11) is 2.32. The molecule has 2 saturated heterocycles. The van der Waals surface area contributed by atoms with Gasteiger partial charge in [0.05, 0.1) is 6.33 Å². The fourth-order valence-corrected chi connectivity index (χ4v) is 3.77. The molecule has 2 aliphatic rings. The summed E-state index contributed by atoms with van der Waals surface area (Å²) >= 11 is 0. The van der Waals surface area contributed by atoms with E-state index in [-0.39, 0.29) is 0 Å². The molecule has 0 saturated carbocycles. The first-order valence-electron chi connectivity index (χ1n) is 7.74. The summed E-state index contributed by atoms with van der Waals surface area (Å²) in [6, 6.07) is 2.41. The molecule has 0 radical (unpaired) electrons. The summed E-state index contributed by atoms with van der Waals surface area (Å²) in [5.41, 5.74) is 0. The smallest absolute Gasteiger partial charge is 0.0945 e. The zero-order valence-electron chi connectivity index (χ0n) is 12.0. The van der Waals surface area contributed by atoms with E-state index >= 15 is 0 Å². The molecule has 3 rings (SSSR count). The molecule has 2 unspecified atom stereocenters. The summed E-state index contributed by atoms with van der Waals surface area (Å²) in [4.78, 5) is 6.71. The van der Waals surface area contributed by atoms with E-state index in [1.807, 2.05) is 18.7 Å². The SMILES string of the molecule is CN1C2CCCC1CC(NCCCn1ccnc1)C2. The Morgan fingerprint density at radius 3 is 2.74 bits per heavy atom. The number of rotatable bonds is 5. The number of hydrogen-bond donors (Lipinski definition) is 1. The lowest BCUT2D eigenvalue weighted by molar-refractivity contribution is 0.0486. The molecule has 3 heterocycles. The number of fused-ring (bicyclic) bond motifs is 2. The van der Waals surface area contributed by atoms with Gasteiger partial charge in [-0.25, -0.2) is 4.98 Å². The molecule has 19 heavy (non-hydrogen) atoms. The normalized spacial score (nSPS) is 31.5. The molecular formula is C15H26N4. The molecule has 0 aliphatic carbocycles. The van der Waals surface area contributed by atoms with Crippen LogP contribution in [0, 0.1) is 0 Å². The van der Waals surface area contributed by atoms with Crippen LogP contribution >= 0.6 is 0 Å². The Morgan fingerprint density at radius 1 is 1.26 bits per heavy atom. The van der Waals surface area contributed by atoms with Crippen molar-refractivity contribution in [3.05, 3.63) is 18.7 Å². The Morgan fingerprint density at radius 2 is 2.05 bits per heavy atom. The molecule has 1 aromatic heterocycles. The minimum absolute atomic E-state index is 0.745. The van der Waals surface area contributed by atoms with E-state index in [9.17, 15) is 0 Å². The first-order chi connectivity index (χ1) is 9.33. The van der Waals surface area contributed by atoms with Gasteiger partial charge in [-0.1, -0.05) is 6.42 Å². The second-order valence-corrected chi connectivity index (χ2v) is 6.18. The van der Waals surface area contributed by atoms with E-state index in [0.717, 1.165) is 31.2 Å². The highest BCUT2D eigenvalue weighted by molar-refractivity contribution is 4.93. The standard InChI is InChI=1S/C15H26N4/c1-18-14-4-2-5-15(18)11-13(10-14)17-6-3-8-19-9-7-16-12-19/h7,9,12-15,17H,2-6,8,10-11H2,1H3. The topological polar surface area (TPSA) is 33.1 Å². The van der Waals surface area contributed by atoms with Crippen molar-refractivity contribution in [2.75, 3.05) is 13.6 Å². The molecule has 0 amide bonds. The fourth-order valence-electron chi connectivity index (χ4n) is 3.77. The largest absolute Gasteiger partial charge is 0.337 e. The molecule has 106 valence electrons. The first-order valence-corrected chi connectivity index (χ1v) is 7.74. The third-order valence-electron chi connectivity index (χ3n) is 4.93. The lowest BCUT2D eigenvalue weighted by atomic mass is 9.82. The summed E-state index contributed by atoms with van der Waals surface area (Å²) in [5, 5.41) is 3.77. The van der Waals surface area contributed by atoms with Crippen LogP contribution in [-0.4, -0.2) is 46.2 Å². The lowest BCUT2D eigenvalue weighted by Gasteiger charge is -2.47. The molecular weight excluding hydrogens is 236 g/mol. The van der Waals surface area contributed by atoms with Gasteiger partial charge in [0.25, 0.3) is 0 Å². The predicted octanol–water partition coefficient (Wildman–Crippen LogP) is 1.88. The minimum Gasteiger partial charge on any atom is -0.337 e. The van der Waals surface area contributed by atoms with Crippen molar-refractivity contribution in [2.45, 2.75) is 63.2 Å². The third kappa shape index (κ3) is 3.18. The van der Waals surface area contributed by atoms with Crippen LogP contribution < -0.4 is 5.32 Å². The van der Waals surface area contributed by atoms with Gasteiger partial charge in [-0.3, -0.25) is 0 Å². The van der Waals surface area contributed by atoms with Crippen molar-refractivity contribution in [3.8, 4) is 0 Å². The van der Waals surface area contributed by atoms with Crippen LogP contribution in [0.3, 0.4) is 0 Å². The van der Waals surface area contributed by atoms with Crippen molar-refractivity contribution < 1.29 is 0 Å². The highest BCUT2D eigenvalue weighted by Crippen LogP contribution is 2.32. The number of aromatic nitrogens is 2. The number of aryl methyl sites for hydroxylation is 1. The highest BCUT2D eigenvalue weighted by Gasteiger charge is 2.35. The molecule has 1 N–H and O–H groups in total. The summed E-state index contributed by atoms with van der Waals surface area (Å²) in [5.74, 6) is 0. The van der Waals surface area contributed by atoms with E-state index < -0.39 is 0 Å². The van der Waals surface area contributed by atoms with Crippen molar-refractivity contribution in [3.63, 3.8) is 0 Å². The van der Waals surface area contributed by atoms with E-state index in [2.05, 4.69) is 26.8 Å². The molecule has 4 heteroatoms. The van der Waals surface area contributed by atoms with Gasteiger partial charge >= 0.3 is 0 Å². The van der Waals surface area contributed by atoms with E-state index in [0.29, 0.717) is 0 Å². The zero-order chi connectivity index (χ0) is 13.1. The molecule has 0 spiro atoms. The molecule has 4 nitrogen and oxygen atoms in total. The number of nitrogens with zero attached hydrogens (tertiary/aromatic N) is 3. The fraction of sp³-hybridized carbons (Fsp3) is 0.800. The number of imidazole rings is 1. The first kappa shape index (κ1) is 13.1. The van der Waals surface area contributed by atoms with Crippen molar-refractivity contribution >= 4 is 0 Å². The maximum atomic E-state index is 4.07. The van der Waals surface area contributed by atoms with Gasteiger partial charge in [0.15, 0.2) is 0 Å². The Hall–Kier alpha value is -0.870. The van der Waals surface area contributed by atoms with Crippen LogP contribution in [0.1, 0.15) is 38.5 Å². The number of nitrogens with one attached hydrogen (secondary N) is 1. The Kier molecular flexibility index (Phi) is 4.18. The van der Waals surface area contributed by atoms with Crippen LogP contribution in [0.2, 0.25) is 0 Å². The van der Waals surface area contributed by atoms with Crippen LogP contribution in [0.25, 0.3) is 0 Å². The van der Waals surface area contributed by atoms with Gasteiger partial charge in [0.1, 0.15) is 0 Å². The van der Waals surface area contributed by atoms with Gasteiger partial charge in [-0.15, -0.1) is 0 Å². The van der Waals surface area contributed by atoms with Gasteiger partial charge in [0, 0.05) is 37.1 Å². The average Bonchev–Trinajstić information content (AvgIpc) is 2.88. The summed E-state index contributed by atoms with van der Waals surface area (Å²) < 4.78 is 2.16. The summed E-state index contributed by atoms with van der Waals surface area (Å²) in [6.07, 6.45) is 13.9. The Balaban J connectivity index is 1.39. The minimum atomic E-state index is 0.745. The third-order valence-corrected chi connectivity index (χ3v) is 4.93. The van der Waals surface area contributed by atoms with Crippen molar-refractivity contribution in [1.82, 2.24) is 19.8 Å². The second-order valence-electron chi connectivity index (χ2n) is 6.18. The van der Waals surface area contributed by atoms with E-state index in [4.69, 9.17) is 0 Å². The zero-order valence-corrected chi connectivity index (χ0v) is 12.0. The lowest BCUT2D eigenvalue weighted by Crippen LogP contribution is -2.54. The molecule has 2 bridgehead atoms. The Bertz CT molecular complexity index is 362. The van der Waals surface area contributed by atoms with Gasteiger partial charge < -0.3 is 14.8 Å². The second kappa shape index (κ2) is 6.06. The molecule has 1 aromatic rings. The average molecular weight is 262 g/mol. The van der Waals surface area contributed by atoms with Crippen LogP contribution in [0.5, 0.6) is 0 Å². The molecule has 2 fully saturated rings. The maximum Gasteiger partial charge on any atom is 0.0945 e. The quantitative estimate of drug-likeness (QED) is 0.823. The predicted molar refractivity (Wildman–Crippen MR) is 77.1 cm³/mol. The molecule has 2 aliphatic heterocycles. The number of hydrogen-bond acceptors (Lipinski definition) is 3. The van der Waals surface area contributed by atoms with Gasteiger partial charge in [0.2, 0.25) is 0 Å². The van der Waals surface area contributed by atoms with Crippen molar-refractivity contribution in [2.24, 2.45) is 0 Å². The monoisotopic (exact) mass is 262 g/mol. The van der Waals surface area contributed by atoms with E-state index in [1.54, 1.807) is 0 Å². The van der Waals surface area contributed by atoms with Crippen LogP contribution in [-0.2, 0) is 6.54 Å².